The Morgan fingerprint density at radius 2 is 0.444 bits per heavy atom. The summed E-state index contributed by atoms with van der Waals surface area (Å²) in [6, 6.07) is 0. The standard InChI is InChI=1S/2Ba.2La.3O.2Zr.4H/q;;2*+3;3*-2;;;;;;. The van der Waals surface area contributed by atoms with Gasteiger partial charge in [0, 0.05) is 52.4 Å². The van der Waals surface area contributed by atoms with Crippen LogP contribution in [0.15, 0.2) is 0 Å². The molecule has 0 aliphatic carbocycles. The minimum absolute atomic E-state index is 0. The third kappa shape index (κ3) is 51.2. The van der Waals surface area contributed by atoms with Crippen LogP contribution in [0.5, 0.6) is 0 Å². The van der Waals surface area contributed by atoms with E-state index < -0.39 is 0 Å². The van der Waals surface area contributed by atoms with Crippen molar-refractivity contribution in [2.75, 3.05) is 0 Å². The molecule has 0 aromatic rings. The Morgan fingerprint density at radius 3 is 0.444 bits per heavy atom. The fourth-order valence-electron chi connectivity index (χ4n) is 0. The molecular formula is H4Ba2La2O3Zr2. The monoisotopic (exact) mass is 785 g/mol. The van der Waals surface area contributed by atoms with Crippen molar-refractivity contribution in [1.82, 2.24) is 0 Å². The Kier molecular flexibility index (Phi) is 476. The Labute approximate surface area is 230 Å². The van der Waals surface area contributed by atoms with Gasteiger partial charge in [-0.2, -0.15) is 0 Å². The van der Waals surface area contributed by atoms with E-state index in [0.29, 0.717) is 0 Å². The summed E-state index contributed by atoms with van der Waals surface area (Å²) < 4.78 is 0. The van der Waals surface area contributed by atoms with Gasteiger partial charge in [0.25, 0.3) is 0 Å². The fraction of sp³-hybridized carbons (Fsp3) is 0. The summed E-state index contributed by atoms with van der Waals surface area (Å²) in [6.45, 7) is 0. The van der Waals surface area contributed by atoms with Crippen molar-refractivity contribution in [3.8, 4) is 0 Å². The molecule has 0 bridgehead atoms. The molecule has 0 unspecified atom stereocenters. The van der Waals surface area contributed by atoms with Gasteiger partial charge in [-0.05, 0) is 0 Å². The normalized spacial score (nSPS) is 0. The molecule has 0 aliphatic heterocycles. The van der Waals surface area contributed by atoms with E-state index in [4.69, 9.17) is 0 Å². The first kappa shape index (κ1) is 72.3. The Bertz CT molecular complexity index is 17.8. The van der Waals surface area contributed by atoms with Crippen molar-refractivity contribution < 1.29 is 140 Å². The van der Waals surface area contributed by atoms with Crippen LogP contribution in [0.25, 0.3) is 0 Å². The van der Waals surface area contributed by atoms with E-state index in [-0.39, 0.29) is 238 Å². The van der Waals surface area contributed by atoms with Gasteiger partial charge in [-0.1, -0.05) is 0 Å². The topological polar surface area (TPSA) is 85.5 Å². The molecule has 0 spiro atoms. The summed E-state index contributed by atoms with van der Waals surface area (Å²) in [5.74, 6) is 0. The van der Waals surface area contributed by atoms with E-state index >= 15 is 0 Å². The van der Waals surface area contributed by atoms with Gasteiger partial charge in [0.2, 0.25) is 0 Å². The molecule has 0 fully saturated rings. The molecule has 0 N–H and O–H groups in total. The van der Waals surface area contributed by atoms with Gasteiger partial charge in [-0.3, -0.25) is 0 Å². The molecule has 0 atom stereocenters. The molecule has 0 heterocycles. The van der Waals surface area contributed by atoms with Crippen molar-refractivity contribution in [1.29, 1.82) is 0 Å². The molecule has 0 saturated carbocycles. The summed E-state index contributed by atoms with van der Waals surface area (Å²) >= 11 is 0. The van der Waals surface area contributed by atoms with Gasteiger partial charge in [0.05, 0.1) is 0 Å². The quantitative estimate of drug-likeness (QED) is 0.250. The van der Waals surface area contributed by atoms with E-state index in [1.165, 1.54) is 0 Å². The van der Waals surface area contributed by atoms with Crippen molar-refractivity contribution in [2.24, 2.45) is 0 Å². The molecule has 0 saturated heterocycles. The molecular weight excluding hydrogens is 783 g/mol. The van der Waals surface area contributed by atoms with Crippen LogP contribution in [-0.4, -0.2) is 97.8 Å². The van der Waals surface area contributed by atoms with Crippen LogP contribution in [0.2, 0.25) is 0 Å². The summed E-state index contributed by atoms with van der Waals surface area (Å²) in [6.07, 6.45) is 0. The van der Waals surface area contributed by atoms with Gasteiger partial charge in [0.1, 0.15) is 0 Å². The second-order valence-electron chi connectivity index (χ2n) is 0. The van der Waals surface area contributed by atoms with Gasteiger partial charge < -0.3 is 16.4 Å². The SMILES string of the molecule is [BaH2].[BaH2].[La+3].[La+3].[O-2].[O-2].[O-2].[Zr].[Zr]. The van der Waals surface area contributed by atoms with E-state index in [0.717, 1.165) is 0 Å². The van der Waals surface area contributed by atoms with Gasteiger partial charge >= 0.3 is 169 Å². The summed E-state index contributed by atoms with van der Waals surface area (Å²) in [5, 5.41) is 0. The third-order valence-corrected chi connectivity index (χ3v) is 0. The van der Waals surface area contributed by atoms with Crippen molar-refractivity contribution in [3.05, 3.63) is 0 Å². The zero-order valence-electron chi connectivity index (χ0n) is 3.38. The largest absolute Gasteiger partial charge is 3.00 e. The zero-order valence-corrected chi connectivity index (χ0v) is 15.5. The van der Waals surface area contributed by atoms with Crippen LogP contribution in [0.4, 0.5) is 0 Å². The van der Waals surface area contributed by atoms with Crippen LogP contribution < -0.4 is 0 Å². The van der Waals surface area contributed by atoms with Crippen LogP contribution >= 0.6 is 0 Å². The van der Waals surface area contributed by atoms with E-state index in [1.807, 2.05) is 0 Å². The van der Waals surface area contributed by atoms with Crippen molar-refractivity contribution >= 4 is 97.8 Å². The number of hydrogen-bond donors (Lipinski definition) is 0. The summed E-state index contributed by atoms with van der Waals surface area (Å²) in [4.78, 5) is 0. The zero-order chi connectivity index (χ0) is 0. The minimum atomic E-state index is 0. The van der Waals surface area contributed by atoms with E-state index in [9.17, 15) is 0 Å². The van der Waals surface area contributed by atoms with Crippen LogP contribution in [0.3, 0.4) is 0 Å². The molecule has 3 nitrogen and oxygen atoms in total. The maximum Gasteiger partial charge on any atom is 3.00 e. The molecule has 0 radical (unpaired) electrons. The maximum absolute atomic E-state index is 0. The predicted molar refractivity (Wildman–Crippen MR) is 19.1 cm³/mol. The maximum atomic E-state index is 0. The molecule has 0 amide bonds. The van der Waals surface area contributed by atoms with E-state index in [1.54, 1.807) is 0 Å². The molecule has 9 heavy (non-hydrogen) atoms. The van der Waals surface area contributed by atoms with Crippen molar-refractivity contribution in [2.45, 2.75) is 0 Å². The first-order valence-corrected chi connectivity index (χ1v) is 0. The molecule has 0 aromatic carbocycles. The Balaban J connectivity index is 0. The molecule has 9 heteroatoms. The smallest absolute Gasteiger partial charge is 2.00 e. The average Bonchev–Trinajstić information content (AvgIpc) is 0. The van der Waals surface area contributed by atoms with Gasteiger partial charge in [-0.25, -0.2) is 0 Å². The number of rotatable bonds is 0. The molecule has 0 aliphatic rings. The average molecular weight is 787 g/mol. The fourth-order valence-corrected chi connectivity index (χ4v) is 0. The molecule has 40 valence electrons. The van der Waals surface area contributed by atoms with Crippen LogP contribution in [-0.2, 0) is 68.8 Å². The Morgan fingerprint density at radius 1 is 0.444 bits per heavy atom. The summed E-state index contributed by atoms with van der Waals surface area (Å²) in [5.41, 5.74) is 0. The van der Waals surface area contributed by atoms with Crippen LogP contribution in [0, 0.1) is 71.2 Å². The second kappa shape index (κ2) is 59.2. The molecule has 0 aromatic heterocycles. The summed E-state index contributed by atoms with van der Waals surface area (Å²) in [7, 11) is 0. The van der Waals surface area contributed by atoms with Crippen molar-refractivity contribution in [3.63, 3.8) is 0 Å². The second-order valence-corrected chi connectivity index (χ2v) is 0. The first-order valence-electron chi connectivity index (χ1n) is 0. The minimum Gasteiger partial charge on any atom is -2.00 e. The third-order valence-electron chi connectivity index (χ3n) is 0. The van der Waals surface area contributed by atoms with Crippen LogP contribution in [0.1, 0.15) is 0 Å². The number of hydrogen-bond acceptors (Lipinski definition) is 0. The molecule has 0 rings (SSSR count). The predicted octanol–water partition coefficient (Wildman–Crippen LogP) is -2.19. The Hall–Kier alpha value is 7.18. The van der Waals surface area contributed by atoms with E-state index in [2.05, 4.69) is 0 Å². The first-order chi connectivity index (χ1) is 0. The van der Waals surface area contributed by atoms with Gasteiger partial charge in [0.15, 0.2) is 0 Å². The van der Waals surface area contributed by atoms with Gasteiger partial charge in [-0.15, -0.1) is 0 Å².